The van der Waals surface area contributed by atoms with Crippen molar-refractivity contribution in [3.63, 3.8) is 0 Å². The Kier molecular flexibility index (Phi) is 6.53. The molecule has 2 aromatic carbocycles. The summed E-state index contributed by atoms with van der Waals surface area (Å²) in [6, 6.07) is 19.7. The van der Waals surface area contributed by atoms with Gasteiger partial charge in [-0.05, 0) is 29.2 Å². The molecule has 0 unspecified atom stereocenters. The first-order chi connectivity index (χ1) is 11.6. The van der Waals surface area contributed by atoms with E-state index in [2.05, 4.69) is 42.7 Å². The molecule has 0 radical (unpaired) electrons. The van der Waals surface area contributed by atoms with E-state index in [9.17, 15) is 4.79 Å². The predicted molar refractivity (Wildman–Crippen MR) is 96.4 cm³/mol. The van der Waals surface area contributed by atoms with Gasteiger partial charge < -0.3 is 10.6 Å². The van der Waals surface area contributed by atoms with Crippen molar-refractivity contribution < 1.29 is 4.79 Å². The monoisotopic (exact) mass is 321 g/mol. The average molecular weight is 321 g/mol. The Morgan fingerprint density at radius 1 is 1.08 bits per heavy atom. The zero-order valence-corrected chi connectivity index (χ0v) is 14.1. The molecular formula is C20H23N3O. The topological polar surface area (TPSA) is 64.9 Å². The van der Waals surface area contributed by atoms with Crippen LogP contribution in [0.5, 0.6) is 0 Å². The Hall–Kier alpha value is -2.64. The van der Waals surface area contributed by atoms with E-state index in [1.807, 2.05) is 42.5 Å². The number of rotatable bonds is 7. The molecule has 0 aliphatic heterocycles. The summed E-state index contributed by atoms with van der Waals surface area (Å²) < 4.78 is 0. The maximum Gasteiger partial charge on any atom is 0.238 e. The number of carbonyl (C=O) groups excluding carboxylic acids is 1. The number of nitrogens with zero attached hydrogens (tertiary/aromatic N) is 1. The van der Waals surface area contributed by atoms with Crippen molar-refractivity contribution >= 4 is 11.6 Å². The van der Waals surface area contributed by atoms with Crippen molar-refractivity contribution in [2.45, 2.75) is 26.3 Å². The van der Waals surface area contributed by atoms with Gasteiger partial charge >= 0.3 is 0 Å². The summed E-state index contributed by atoms with van der Waals surface area (Å²) in [6.45, 7) is 4.52. The van der Waals surface area contributed by atoms with Gasteiger partial charge in [-0.2, -0.15) is 5.26 Å². The van der Waals surface area contributed by atoms with E-state index in [0.717, 1.165) is 11.3 Å². The van der Waals surface area contributed by atoms with Crippen molar-refractivity contribution in [3.05, 3.63) is 65.7 Å². The molecule has 2 aromatic rings. The van der Waals surface area contributed by atoms with E-state index >= 15 is 0 Å². The lowest BCUT2D eigenvalue weighted by molar-refractivity contribution is -0.115. The third-order valence-corrected chi connectivity index (χ3v) is 3.83. The number of amides is 1. The van der Waals surface area contributed by atoms with Gasteiger partial charge in [0.05, 0.1) is 19.0 Å². The maximum absolute atomic E-state index is 12.2. The fraction of sp³-hybridized carbons (Fsp3) is 0.300. The van der Waals surface area contributed by atoms with Crippen molar-refractivity contribution in [3.8, 4) is 6.07 Å². The van der Waals surface area contributed by atoms with Gasteiger partial charge in [0.15, 0.2) is 0 Å². The second-order valence-electron chi connectivity index (χ2n) is 6.09. The number of hydrogen-bond acceptors (Lipinski definition) is 3. The van der Waals surface area contributed by atoms with Crippen LogP contribution >= 0.6 is 0 Å². The molecule has 4 nitrogen and oxygen atoms in total. The molecule has 24 heavy (non-hydrogen) atoms. The summed E-state index contributed by atoms with van der Waals surface area (Å²) >= 11 is 0. The van der Waals surface area contributed by atoms with Gasteiger partial charge in [-0.15, -0.1) is 0 Å². The van der Waals surface area contributed by atoms with Crippen LogP contribution in [0.25, 0.3) is 0 Å². The minimum absolute atomic E-state index is 0.0791. The van der Waals surface area contributed by atoms with Gasteiger partial charge in [0.25, 0.3) is 0 Å². The molecule has 0 saturated heterocycles. The van der Waals surface area contributed by atoms with E-state index < -0.39 is 0 Å². The molecule has 124 valence electrons. The van der Waals surface area contributed by atoms with Crippen LogP contribution in [0.1, 0.15) is 31.0 Å². The largest absolute Gasteiger partial charge is 0.325 e. The third-order valence-electron chi connectivity index (χ3n) is 3.83. The minimum atomic E-state index is -0.0791. The standard InChI is InChI=1S/C20H23N3O/c1-15(2)20(17-6-4-3-5-7-17)22-14-19(24)23-18-10-8-16(9-11-18)12-13-21/h3-11,15,20,22H,12,14H2,1-2H3,(H,23,24)/t20-/m0/s1. The Morgan fingerprint density at radius 3 is 2.33 bits per heavy atom. The Bertz CT molecular complexity index is 687. The summed E-state index contributed by atoms with van der Waals surface area (Å²) in [5, 5.41) is 14.9. The minimum Gasteiger partial charge on any atom is -0.325 e. The second kappa shape index (κ2) is 8.85. The normalized spacial score (nSPS) is 11.8. The summed E-state index contributed by atoms with van der Waals surface area (Å²) in [6.07, 6.45) is 0.378. The van der Waals surface area contributed by atoms with Crippen LogP contribution in [-0.4, -0.2) is 12.5 Å². The van der Waals surface area contributed by atoms with Crippen LogP contribution in [0.2, 0.25) is 0 Å². The van der Waals surface area contributed by atoms with Crippen LogP contribution < -0.4 is 10.6 Å². The first-order valence-corrected chi connectivity index (χ1v) is 8.14. The second-order valence-corrected chi connectivity index (χ2v) is 6.09. The highest BCUT2D eigenvalue weighted by atomic mass is 16.1. The lowest BCUT2D eigenvalue weighted by atomic mass is 9.96. The van der Waals surface area contributed by atoms with Crippen molar-refractivity contribution in [2.75, 3.05) is 11.9 Å². The predicted octanol–water partition coefficient (Wildman–Crippen LogP) is 3.68. The van der Waals surface area contributed by atoms with Crippen molar-refractivity contribution in [1.82, 2.24) is 5.32 Å². The highest BCUT2D eigenvalue weighted by Gasteiger charge is 2.16. The summed E-state index contributed by atoms with van der Waals surface area (Å²) in [7, 11) is 0. The molecule has 0 aromatic heterocycles. The third kappa shape index (κ3) is 5.22. The number of anilines is 1. The number of nitrogens with one attached hydrogen (secondary N) is 2. The van der Waals surface area contributed by atoms with Crippen LogP contribution in [0.3, 0.4) is 0 Å². The van der Waals surface area contributed by atoms with Gasteiger partial charge in [0.2, 0.25) is 5.91 Å². The van der Waals surface area contributed by atoms with E-state index in [-0.39, 0.29) is 18.5 Å². The Morgan fingerprint density at radius 2 is 1.75 bits per heavy atom. The molecule has 1 amide bonds. The summed E-state index contributed by atoms with van der Waals surface area (Å²) in [5.74, 6) is 0.301. The smallest absolute Gasteiger partial charge is 0.238 e. The summed E-state index contributed by atoms with van der Waals surface area (Å²) in [4.78, 5) is 12.2. The number of hydrogen-bond donors (Lipinski definition) is 2. The highest BCUT2D eigenvalue weighted by Crippen LogP contribution is 2.21. The average Bonchev–Trinajstić information content (AvgIpc) is 2.58. The van der Waals surface area contributed by atoms with Crippen LogP contribution in [-0.2, 0) is 11.2 Å². The number of benzene rings is 2. The van der Waals surface area contributed by atoms with Gasteiger partial charge in [-0.1, -0.05) is 56.3 Å². The Labute approximate surface area is 143 Å². The molecule has 1 atom stereocenters. The van der Waals surface area contributed by atoms with Gasteiger partial charge in [0, 0.05) is 11.7 Å². The van der Waals surface area contributed by atoms with Crippen LogP contribution in [0.4, 0.5) is 5.69 Å². The fourth-order valence-corrected chi connectivity index (χ4v) is 2.60. The van der Waals surface area contributed by atoms with Crippen molar-refractivity contribution in [1.29, 1.82) is 5.26 Å². The summed E-state index contributed by atoms with van der Waals surface area (Å²) in [5.41, 5.74) is 2.86. The highest BCUT2D eigenvalue weighted by molar-refractivity contribution is 5.92. The molecular weight excluding hydrogens is 298 g/mol. The quantitative estimate of drug-likeness (QED) is 0.817. The molecule has 2 N–H and O–H groups in total. The maximum atomic E-state index is 12.2. The van der Waals surface area contributed by atoms with Gasteiger partial charge in [-0.3, -0.25) is 4.79 Å². The molecule has 0 heterocycles. The first kappa shape index (κ1) is 17.7. The number of carbonyl (C=O) groups is 1. The van der Waals surface area contributed by atoms with E-state index in [1.165, 1.54) is 5.56 Å². The molecule has 0 fully saturated rings. The Balaban J connectivity index is 1.90. The fourth-order valence-electron chi connectivity index (χ4n) is 2.60. The van der Waals surface area contributed by atoms with Crippen LogP contribution in [0.15, 0.2) is 54.6 Å². The van der Waals surface area contributed by atoms with E-state index in [1.54, 1.807) is 0 Å². The van der Waals surface area contributed by atoms with Crippen molar-refractivity contribution in [2.24, 2.45) is 5.92 Å². The zero-order chi connectivity index (χ0) is 17.4. The zero-order valence-electron chi connectivity index (χ0n) is 14.1. The molecule has 0 spiro atoms. The lowest BCUT2D eigenvalue weighted by Crippen LogP contribution is -2.33. The molecule has 0 bridgehead atoms. The number of nitriles is 1. The first-order valence-electron chi connectivity index (χ1n) is 8.14. The molecule has 0 saturated carbocycles. The molecule has 2 rings (SSSR count). The molecule has 4 heteroatoms. The molecule has 0 aliphatic rings. The van der Waals surface area contributed by atoms with E-state index in [4.69, 9.17) is 5.26 Å². The van der Waals surface area contributed by atoms with Gasteiger partial charge in [0.1, 0.15) is 0 Å². The van der Waals surface area contributed by atoms with E-state index in [0.29, 0.717) is 12.3 Å². The van der Waals surface area contributed by atoms with Crippen LogP contribution in [0, 0.1) is 17.2 Å². The lowest BCUT2D eigenvalue weighted by Gasteiger charge is -2.22. The SMILES string of the molecule is CC(C)[C@H](NCC(=O)Nc1ccc(CC#N)cc1)c1ccccc1. The molecule has 0 aliphatic carbocycles. The van der Waals surface area contributed by atoms with Gasteiger partial charge in [-0.25, -0.2) is 0 Å².